The van der Waals surface area contributed by atoms with Crippen molar-refractivity contribution in [3.05, 3.63) is 11.9 Å². The van der Waals surface area contributed by atoms with Crippen molar-refractivity contribution in [3.63, 3.8) is 0 Å². The van der Waals surface area contributed by atoms with E-state index in [0.29, 0.717) is 18.8 Å². The molecule has 1 aliphatic carbocycles. The standard InChI is InChI=1S/C13H24F2N4/c14-13(15)5-1-11(2-6-13)19(17)9-12(16)10-3-7-18-8-4-10/h9-11,18H,1-8,16-17H2/b12-9-. The molecule has 0 spiro atoms. The van der Waals surface area contributed by atoms with Crippen molar-refractivity contribution in [1.82, 2.24) is 10.3 Å². The third-order valence-electron chi connectivity index (χ3n) is 4.22. The topological polar surface area (TPSA) is 67.3 Å². The second-order valence-electron chi connectivity index (χ2n) is 5.69. The minimum atomic E-state index is -2.51. The van der Waals surface area contributed by atoms with Crippen LogP contribution >= 0.6 is 0 Å². The number of nitrogens with two attached hydrogens (primary N) is 2. The zero-order chi connectivity index (χ0) is 13.9. The monoisotopic (exact) mass is 274 g/mol. The van der Waals surface area contributed by atoms with Gasteiger partial charge in [-0.25, -0.2) is 14.6 Å². The second-order valence-corrected chi connectivity index (χ2v) is 5.69. The van der Waals surface area contributed by atoms with E-state index in [0.717, 1.165) is 31.6 Å². The van der Waals surface area contributed by atoms with Crippen molar-refractivity contribution in [1.29, 1.82) is 0 Å². The summed E-state index contributed by atoms with van der Waals surface area (Å²) in [5, 5.41) is 4.83. The molecule has 2 fully saturated rings. The molecular formula is C13H24F2N4. The van der Waals surface area contributed by atoms with Crippen molar-refractivity contribution >= 4 is 0 Å². The summed E-state index contributed by atoms with van der Waals surface area (Å²) in [6.45, 7) is 1.94. The zero-order valence-electron chi connectivity index (χ0n) is 11.2. The van der Waals surface area contributed by atoms with E-state index in [1.807, 2.05) is 0 Å². The molecule has 2 rings (SSSR count). The van der Waals surface area contributed by atoms with E-state index in [1.165, 1.54) is 0 Å². The first-order chi connectivity index (χ1) is 8.98. The third kappa shape index (κ3) is 4.04. The van der Waals surface area contributed by atoms with Crippen LogP contribution in [0.3, 0.4) is 0 Å². The van der Waals surface area contributed by atoms with Gasteiger partial charge >= 0.3 is 0 Å². The largest absolute Gasteiger partial charge is 0.401 e. The molecule has 0 amide bonds. The lowest BCUT2D eigenvalue weighted by atomic mass is 9.91. The smallest absolute Gasteiger partial charge is 0.248 e. The van der Waals surface area contributed by atoms with Gasteiger partial charge in [-0.3, -0.25) is 0 Å². The summed E-state index contributed by atoms with van der Waals surface area (Å²) in [6, 6.07) is -0.0140. The summed E-state index contributed by atoms with van der Waals surface area (Å²) < 4.78 is 26.2. The lowest BCUT2D eigenvalue weighted by Gasteiger charge is -2.34. The zero-order valence-corrected chi connectivity index (χ0v) is 11.2. The van der Waals surface area contributed by atoms with Crippen LogP contribution in [0.15, 0.2) is 11.9 Å². The Labute approximate surface area is 113 Å². The van der Waals surface area contributed by atoms with Crippen molar-refractivity contribution in [2.45, 2.75) is 50.5 Å². The number of allylic oxidation sites excluding steroid dienone is 1. The molecule has 0 aromatic carbocycles. The fourth-order valence-electron chi connectivity index (χ4n) is 2.86. The minimum absolute atomic E-state index is 0.0140. The average molecular weight is 274 g/mol. The summed E-state index contributed by atoms with van der Waals surface area (Å²) in [5.41, 5.74) is 6.85. The highest BCUT2D eigenvalue weighted by Crippen LogP contribution is 2.34. The van der Waals surface area contributed by atoms with Gasteiger partial charge in [0.1, 0.15) is 0 Å². The van der Waals surface area contributed by atoms with Gasteiger partial charge in [-0.15, -0.1) is 0 Å². The fraction of sp³-hybridized carbons (Fsp3) is 0.846. The number of alkyl halides is 2. The van der Waals surface area contributed by atoms with Gasteiger partial charge in [0.05, 0.1) is 0 Å². The van der Waals surface area contributed by atoms with Gasteiger partial charge < -0.3 is 16.1 Å². The fourth-order valence-corrected chi connectivity index (χ4v) is 2.86. The Balaban J connectivity index is 1.87. The first-order valence-electron chi connectivity index (χ1n) is 7.07. The summed E-state index contributed by atoms with van der Waals surface area (Å²) in [4.78, 5) is 0. The molecule has 0 unspecified atom stereocenters. The molecule has 19 heavy (non-hydrogen) atoms. The van der Waals surface area contributed by atoms with Crippen molar-refractivity contribution in [3.8, 4) is 0 Å². The quantitative estimate of drug-likeness (QED) is 0.539. The molecule has 0 radical (unpaired) electrons. The Morgan fingerprint density at radius 3 is 2.32 bits per heavy atom. The van der Waals surface area contributed by atoms with Crippen LogP contribution in [-0.4, -0.2) is 30.1 Å². The highest BCUT2D eigenvalue weighted by molar-refractivity contribution is 5.03. The minimum Gasteiger partial charge on any atom is -0.401 e. The van der Waals surface area contributed by atoms with Crippen LogP contribution in [0.25, 0.3) is 0 Å². The van der Waals surface area contributed by atoms with E-state index in [1.54, 1.807) is 11.2 Å². The molecular weight excluding hydrogens is 250 g/mol. The van der Waals surface area contributed by atoms with E-state index in [9.17, 15) is 8.78 Å². The number of piperidine rings is 1. The van der Waals surface area contributed by atoms with E-state index >= 15 is 0 Å². The predicted octanol–water partition coefficient (Wildman–Crippen LogP) is 1.54. The van der Waals surface area contributed by atoms with Crippen molar-refractivity contribution in [2.24, 2.45) is 17.5 Å². The molecule has 1 aliphatic heterocycles. The van der Waals surface area contributed by atoms with Crippen LogP contribution in [0.5, 0.6) is 0 Å². The molecule has 1 saturated heterocycles. The van der Waals surface area contributed by atoms with Crippen LogP contribution < -0.4 is 16.9 Å². The summed E-state index contributed by atoms with van der Waals surface area (Å²) >= 11 is 0. The number of nitrogens with one attached hydrogen (secondary N) is 1. The van der Waals surface area contributed by atoms with Crippen molar-refractivity contribution < 1.29 is 8.78 Å². The van der Waals surface area contributed by atoms with Gasteiger partial charge in [0.25, 0.3) is 0 Å². The number of nitrogens with zero attached hydrogens (tertiary/aromatic N) is 1. The molecule has 4 nitrogen and oxygen atoms in total. The van der Waals surface area contributed by atoms with Crippen LogP contribution in [0.4, 0.5) is 8.78 Å². The maximum absolute atomic E-state index is 13.1. The summed E-state index contributed by atoms with van der Waals surface area (Å²) in [7, 11) is 0. The van der Waals surface area contributed by atoms with Gasteiger partial charge in [0, 0.05) is 36.7 Å². The number of rotatable bonds is 3. The average Bonchev–Trinajstić information content (AvgIpc) is 2.39. The van der Waals surface area contributed by atoms with E-state index in [4.69, 9.17) is 11.6 Å². The highest BCUT2D eigenvalue weighted by atomic mass is 19.3. The van der Waals surface area contributed by atoms with Gasteiger partial charge in [-0.1, -0.05) is 0 Å². The van der Waals surface area contributed by atoms with Crippen LogP contribution in [0.2, 0.25) is 0 Å². The number of hydrogen-bond donors (Lipinski definition) is 3. The Morgan fingerprint density at radius 2 is 1.74 bits per heavy atom. The molecule has 1 heterocycles. The van der Waals surface area contributed by atoms with Gasteiger partial charge in [0.2, 0.25) is 5.92 Å². The molecule has 6 heteroatoms. The van der Waals surface area contributed by atoms with Gasteiger partial charge in [-0.05, 0) is 38.8 Å². The molecule has 0 aromatic heterocycles. The summed E-state index contributed by atoms with van der Waals surface area (Å²) in [6.07, 6.45) is 4.49. The Kier molecular flexibility index (Phi) is 4.62. The van der Waals surface area contributed by atoms with E-state index in [-0.39, 0.29) is 18.9 Å². The maximum atomic E-state index is 13.1. The van der Waals surface area contributed by atoms with E-state index in [2.05, 4.69) is 5.32 Å². The molecule has 0 aromatic rings. The molecule has 5 N–H and O–H groups in total. The van der Waals surface area contributed by atoms with Crippen LogP contribution in [-0.2, 0) is 0 Å². The molecule has 0 bridgehead atoms. The first kappa shape index (κ1) is 14.5. The lowest BCUT2D eigenvalue weighted by molar-refractivity contribution is -0.0495. The highest BCUT2D eigenvalue weighted by Gasteiger charge is 2.36. The lowest BCUT2D eigenvalue weighted by Crippen LogP contribution is -2.42. The molecule has 110 valence electrons. The van der Waals surface area contributed by atoms with Crippen LogP contribution in [0.1, 0.15) is 38.5 Å². The van der Waals surface area contributed by atoms with E-state index < -0.39 is 5.92 Å². The first-order valence-corrected chi connectivity index (χ1v) is 7.07. The van der Waals surface area contributed by atoms with Crippen LogP contribution in [0, 0.1) is 5.92 Å². The van der Waals surface area contributed by atoms with Gasteiger partial charge in [0.15, 0.2) is 0 Å². The predicted molar refractivity (Wildman–Crippen MR) is 71.1 cm³/mol. The maximum Gasteiger partial charge on any atom is 0.248 e. The molecule has 2 aliphatic rings. The van der Waals surface area contributed by atoms with Crippen molar-refractivity contribution in [2.75, 3.05) is 13.1 Å². The second kappa shape index (κ2) is 6.05. The number of hydrazine groups is 1. The Morgan fingerprint density at radius 1 is 1.16 bits per heavy atom. The number of hydrogen-bond acceptors (Lipinski definition) is 4. The Hall–Kier alpha value is -0.880. The van der Waals surface area contributed by atoms with Gasteiger partial charge in [-0.2, -0.15) is 0 Å². The Bertz CT molecular complexity index is 317. The summed E-state index contributed by atoms with van der Waals surface area (Å²) in [5.74, 6) is 3.81. The third-order valence-corrected chi connectivity index (χ3v) is 4.22. The normalized spacial score (nSPS) is 26.4. The molecule has 1 saturated carbocycles. The molecule has 0 atom stereocenters. The SMILES string of the molecule is N/C(=C\N(N)C1CCC(F)(F)CC1)C1CCNCC1. The number of halogens is 2.